The van der Waals surface area contributed by atoms with E-state index >= 15 is 0 Å². The molecule has 2 atom stereocenters. The monoisotopic (exact) mass is 328 g/mol. The molecule has 0 radical (unpaired) electrons. The highest BCUT2D eigenvalue weighted by molar-refractivity contribution is 5.51. The number of quaternary nitrogens is 1. The van der Waals surface area contributed by atoms with Crippen molar-refractivity contribution in [2.24, 2.45) is 0 Å². The van der Waals surface area contributed by atoms with Gasteiger partial charge in [0.2, 0.25) is 0 Å². The van der Waals surface area contributed by atoms with Gasteiger partial charge in [-0.25, -0.2) is 0 Å². The van der Waals surface area contributed by atoms with Crippen LogP contribution in [0.25, 0.3) is 0 Å². The van der Waals surface area contributed by atoms with Crippen molar-refractivity contribution in [2.75, 3.05) is 20.8 Å². The Bertz CT molecular complexity index is 802. The second-order valence-corrected chi connectivity index (χ2v) is 6.61. The van der Waals surface area contributed by atoms with E-state index < -0.39 is 0 Å². The van der Waals surface area contributed by atoms with E-state index in [1.807, 2.05) is 0 Å². The third-order valence-corrected chi connectivity index (χ3v) is 5.37. The molecule has 4 rings (SSSR count). The van der Waals surface area contributed by atoms with Crippen LogP contribution in [0.1, 0.15) is 28.3 Å². The van der Waals surface area contributed by atoms with Crippen LogP contribution in [0.3, 0.4) is 0 Å². The lowest BCUT2D eigenvalue weighted by Gasteiger charge is -2.38. The molecule has 0 bridgehead atoms. The van der Waals surface area contributed by atoms with E-state index in [9.17, 15) is 10.2 Å². The van der Waals surface area contributed by atoms with Crippen molar-refractivity contribution < 1.29 is 24.6 Å². The normalized spacial score (nSPS) is 21.4. The van der Waals surface area contributed by atoms with Crippen molar-refractivity contribution in [1.82, 2.24) is 0 Å². The molecule has 0 spiro atoms. The number of ether oxygens (including phenoxy) is 2. The summed E-state index contributed by atoms with van der Waals surface area (Å²) >= 11 is 0. The topological polar surface area (TPSA) is 63.4 Å². The maximum Gasteiger partial charge on any atom is 0.161 e. The van der Waals surface area contributed by atoms with Crippen molar-refractivity contribution in [3.8, 4) is 23.0 Å². The minimum atomic E-state index is -0.0412. The zero-order chi connectivity index (χ0) is 16.8. The molecule has 2 aliphatic rings. The fraction of sp³-hybridized carbons (Fsp3) is 0.368. The Hall–Kier alpha value is -2.40. The zero-order valence-electron chi connectivity index (χ0n) is 13.9. The molecule has 0 saturated heterocycles. The van der Waals surface area contributed by atoms with Gasteiger partial charge in [-0.2, -0.15) is 0 Å². The number of rotatable bonds is 2. The van der Waals surface area contributed by atoms with Crippen molar-refractivity contribution in [3.05, 3.63) is 46.5 Å². The maximum atomic E-state index is 9.82. The second-order valence-electron chi connectivity index (χ2n) is 6.61. The van der Waals surface area contributed by atoms with Crippen LogP contribution in [-0.4, -0.2) is 31.0 Å². The summed E-state index contributed by atoms with van der Waals surface area (Å²) in [5.41, 5.74) is 4.85. The molecule has 0 aromatic heterocycles. The number of benzene rings is 2. The first-order valence-electron chi connectivity index (χ1n) is 8.23. The molecule has 0 saturated carbocycles. The summed E-state index contributed by atoms with van der Waals surface area (Å²) in [4.78, 5) is 1.49. The Labute approximate surface area is 141 Å². The van der Waals surface area contributed by atoms with Crippen LogP contribution in [0, 0.1) is 0 Å². The quantitative estimate of drug-likeness (QED) is 0.729. The van der Waals surface area contributed by atoms with Gasteiger partial charge in [0.05, 0.1) is 20.8 Å². The third-order valence-electron chi connectivity index (χ3n) is 5.37. The molecule has 2 aliphatic heterocycles. The first-order valence-corrected chi connectivity index (χ1v) is 8.23. The van der Waals surface area contributed by atoms with E-state index in [4.69, 9.17) is 9.47 Å². The number of hydrogen-bond donors (Lipinski definition) is 3. The van der Waals surface area contributed by atoms with Crippen LogP contribution < -0.4 is 14.4 Å². The average Bonchev–Trinajstić information content (AvgIpc) is 2.60. The van der Waals surface area contributed by atoms with Gasteiger partial charge >= 0.3 is 0 Å². The zero-order valence-corrected chi connectivity index (χ0v) is 13.9. The van der Waals surface area contributed by atoms with Gasteiger partial charge in [0.25, 0.3) is 0 Å². The molecule has 126 valence electrons. The van der Waals surface area contributed by atoms with Crippen LogP contribution in [0.4, 0.5) is 0 Å². The summed E-state index contributed by atoms with van der Waals surface area (Å²) < 4.78 is 10.9. The van der Waals surface area contributed by atoms with E-state index in [0.29, 0.717) is 6.04 Å². The standard InChI is InChI=1S/C19H21NO4/c1-23-18-8-11-3-4-20-10-13-7-17(22)16(21)6-12(13)5-15(20)14(11)9-19(18)24-2/h6-9,15,21-22H,3-5,10H2,1-2H3/p+1/t15-/m0/s1. The van der Waals surface area contributed by atoms with Gasteiger partial charge in [0, 0.05) is 24.0 Å². The minimum Gasteiger partial charge on any atom is -0.504 e. The van der Waals surface area contributed by atoms with Crippen molar-refractivity contribution >= 4 is 0 Å². The highest BCUT2D eigenvalue weighted by atomic mass is 16.5. The fourth-order valence-electron chi connectivity index (χ4n) is 4.12. The number of fused-ring (bicyclic) bond motifs is 4. The summed E-state index contributed by atoms with van der Waals surface area (Å²) in [5, 5.41) is 19.6. The Morgan fingerprint density at radius 1 is 0.917 bits per heavy atom. The molecule has 24 heavy (non-hydrogen) atoms. The highest BCUT2D eigenvalue weighted by Crippen LogP contribution is 2.38. The maximum absolute atomic E-state index is 9.82. The predicted molar refractivity (Wildman–Crippen MR) is 89.0 cm³/mol. The number of hydrogen-bond acceptors (Lipinski definition) is 4. The molecule has 2 aromatic rings. The van der Waals surface area contributed by atoms with Gasteiger partial charge in [-0.15, -0.1) is 0 Å². The molecular weight excluding hydrogens is 306 g/mol. The molecular formula is C19H22NO4+. The first-order chi connectivity index (χ1) is 11.6. The van der Waals surface area contributed by atoms with E-state index in [2.05, 4.69) is 12.1 Å². The van der Waals surface area contributed by atoms with Crippen LogP contribution >= 0.6 is 0 Å². The van der Waals surface area contributed by atoms with Gasteiger partial charge in [0.15, 0.2) is 23.0 Å². The molecule has 0 fully saturated rings. The Balaban J connectivity index is 1.77. The van der Waals surface area contributed by atoms with Crippen LogP contribution in [-0.2, 0) is 19.4 Å². The number of aromatic hydroxyl groups is 2. The van der Waals surface area contributed by atoms with E-state index in [1.165, 1.54) is 16.0 Å². The number of nitrogens with one attached hydrogen (secondary N) is 1. The number of phenolic OH excluding ortho intramolecular Hbond substituents is 2. The lowest BCUT2D eigenvalue weighted by molar-refractivity contribution is -0.949. The van der Waals surface area contributed by atoms with Crippen molar-refractivity contribution in [1.29, 1.82) is 0 Å². The molecule has 5 heteroatoms. The van der Waals surface area contributed by atoms with Gasteiger partial charge < -0.3 is 24.6 Å². The predicted octanol–water partition coefficient (Wildman–Crippen LogP) is 1.35. The minimum absolute atomic E-state index is 0.0320. The second kappa shape index (κ2) is 5.60. The van der Waals surface area contributed by atoms with Gasteiger partial charge in [-0.3, -0.25) is 0 Å². The summed E-state index contributed by atoms with van der Waals surface area (Å²) in [5.74, 6) is 1.46. The lowest BCUT2D eigenvalue weighted by Crippen LogP contribution is -3.13. The van der Waals surface area contributed by atoms with Crippen LogP contribution in [0.5, 0.6) is 23.0 Å². The Morgan fingerprint density at radius 2 is 1.58 bits per heavy atom. The molecule has 1 unspecified atom stereocenters. The molecule has 2 aromatic carbocycles. The lowest BCUT2D eigenvalue weighted by atomic mass is 9.83. The summed E-state index contributed by atoms with van der Waals surface area (Å²) in [6.45, 7) is 1.91. The van der Waals surface area contributed by atoms with E-state index in [-0.39, 0.29) is 11.5 Å². The number of methoxy groups -OCH3 is 2. The summed E-state index contributed by atoms with van der Waals surface area (Å²) in [7, 11) is 3.32. The highest BCUT2D eigenvalue weighted by Gasteiger charge is 2.36. The average molecular weight is 328 g/mol. The fourth-order valence-corrected chi connectivity index (χ4v) is 4.12. The smallest absolute Gasteiger partial charge is 0.161 e. The first kappa shape index (κ1) is 15.1. The van der Waals surface area contributed by atoms with Gasteiger partial charge in [-0.1, -0.05) is 0 Å². The number of phenols is 2. The van der Waals surface area contributed by atoms with Crippen molar-refractivity contribution in [2.45, 2.75) is 25.4 Å². The summed E-state index contributed by atoms with van der Waals surface area (Å²) in [6.07, 6.45) is 1.85. The van der Waals surface area contributed by atoms with Gasteiger partial charge in [-0.05, 0) is 35.4 Å². The Morgan fingerprint density at radius 3 is 2.29 bits per heavy atom. The van der Waals surface area contributed by atoms with Gasteiger partial charge in [0.1, 0.15) is 12.6 Å². The molecule has 3 N–H and O–H groups in total. The molecule has 2 heterocycles. The van der Waals surface area contributed by atoms with E-state index in [0.717, 1.165) is 48.6 Å². The largest absolute Gasteiger partial charge is 0.504 e. The SMILES string of the molecule is COc1cc2c(cc1OC)[C@@H]1Cc3cc(O)c(O)cc3C[NH+]1CC2. The molecule has 0 aliphatic carbocycles. The Kier molecular flexibility index (Phi) is 3.53. The van der Waals surface area contributed by atoms with Crippen LogP contribution in [0.2, 0.25) is 0 Å². The van der Waals surface area contributed by atoms with Crippen LogP contribution in [0.15, 0.2) is 24.3 Å². The molecule has 0 amide bonds. The summed E-state index contributed by atoms with van der Waals surface area (Å²) in [6, 6.07) is 7.94. The third kappa shape index (κ3) is 2.27. The molecule has 5 nitrogen and oxygen atoms in total. The van der Waals surface area contributed by atoms with Crippen molar-refractivity contribution in [3.63, 3.8) is 0 Å². The van der Waals surface area contributed by atoms with E-state index in [1.54, 1.807) is 26.4 Å².